The maximum atomic E-state index is 13.8. The predicted octanol–water partition coefficient (Wildman–Crippen LogP) is 8.56. The first-order valence-corrected chi connectivity index (χ1v) is 22.9. The van der Waals surface area contributed by atoms with Crippen molar-refractivity contribution in [1.29, 1.82) is 0 Å². The standard InChI is InChI=1S/C52H72N4O10/c1-49(2,3)34-26-24-33(25-27-34)31-42(56-48(62)63-32-39-37-21-15-13-19-35(37)36-20-14-16-22-38(36)39)44(58)53-30-18-17-23-40(45(59)65-51(7,8)9)54-47(61)55-41(46(60)66-52(10,11)12)28-29-43(57)64-50(4,5)6/h13-16,19-22,24-27,39-42H,17-18,23,28-32H2,1-12H3,(H,53,58)(H,56,62)(H2,54,55,61)/t40-,41-,42-/m0/s1. The normalized spacial score (nSPS) is 14.1. The van der Waals surface area contributed by atoms with Crippen molar-refractivity contribution in [3.63, 3.8) is 0 Å². The van der Waals surface area contributed by atoms with Gasteiger partial charge in [-0.05, 0) is 127 Å². The molecule has 0 saturated carbocycles. The molecule has 0 bridgehead atoms. The summed E-state index contributed by atoms with van der Waals surface area (Å²) in [6, 6.07) is 19.9. The van der Waals surface area contributed by atoms with Crippen molar-refractivity contribution in [2.45, 2.75) is 168 Å². The number of esters is 3. The first kappa shape index (κ1) is 52.7. The van der Waals surface area contributed by atoms with Crippen LogP contribution in [0.2, 0.25) is 0 Å². The molecule has 1 aliphatic carbocycles. The highest BCUT2D eigenvalue weighted by Gasteiger charge is 2.33. The van der Waals surface area contributed by atoms with Crippen LogP contribution in [-0.2, 0) is 50.0 Å². The summed E-state index contributed by atoms with van der Waals surface area (Å²) in [5.74, 6) is -2.55. The Morgan fingerprint density at radius 3 is 1.58 bits per heavy atom. The molecule has 3 atom stereocenters. The molecule has 0 spiro atoms. The molecule has 0 fully saturated rings. The van der Waals surface area contributed by atoms with Crippen LogP contribution in [0.4, 0.5) is 9.59 Å². The number of amides is 4. The topological polar surface area (TPSA) is 187 Å². The van der Waals surface area contributed by atoms with Crippen LogP contribution >= 0.6 is 0 Å². The predicted molar refractivity (Wildman–Crippen MR) is 254 cm³/mol. The van der Waals surface area contributed by atoms with E-state index in [0.717, 1.165) is 33.4 Å². The fourth-order valence-electron chi connectivity index (χ4n) is 7.43. The Bertz CT molecular complexity index is 2110. The number of urea groups is 1. The van der Waals surface area contributed by atoms with E-state index in [1.165, 1.54) is 0 Å². The molecule has 0 aromatic heterocycles. The van der Waals surface area contributed by atoms with Crippen molar-refractivity contribution in [1.82, 2.24) is 21.3 Å². The zero-order chi connectivity index (χ0) is 49.0. The first-order valence-electron chi connectivity index (χ1n) is 22.9. The van der Waals surface area contributed by atoms with Crippen molar-refractivity contribution in [2.75, 3.05) is 13.2 Å². The third kappa shape index (κ3) is 17.1. The first-order chi connectivity index (χ1) is 30.7. The average Bonchev–Trinajstić information content (AvgIpc) is 3.52. The maximum Gasteiger partial charge on any atom is 0.407 e. The summed E-state index contributed by atoms with van der Waals surface area (Å²) in [5.41, 5.74) is 3.80. The van der Waals surface area contributed by atoms with Crippen LogP contribution < -0.4 is 21.3 Å². The molecule has 0 saturated heterocycles. The lowest BCUT2D eigenvalue weighted by Crippen LogP contribution is -2.53. The van der Waals surface area contributed by atoms with E-state index < -0.39 is 70.9 Å². The van der Waals surface area contributed by atoms with Gasteiger partial charge in [0, 0.05) is 25.3 Å². The van der Waals surface area contributed by atoms with Crippen molar-refractivity contribution < 1.29 is 47.7 Å². The van der Waals surface area contributed by atoms with E-state index in [0.29, 0.717) is 12.8 Å². The second kappa shape index (κ2) is 22.5. The number of fused-ring (bicyclic) bond motifs is 3. The number of nitrogens with one attached hydrogen (secondary N) is 4. The van der Waals surface area contributed by atoms with Gasteiger partial charge in [0.05, 0.1) is 0 Å². The van der Waals surface area contributed by atoms with Gasteiger partial charge in [-0.15, -0.1) is 0 Å². The van der Waals surface area contributed by atoms with E-state index in [1.54, 1.807) is 62.3 Å². The van der Waals surface area contributed by atoms with Gasteiger partial charge in [-0.2, -0.15) is 0 Å². The maximum absolute atomic E-state index is 13.8. The molecular weight excluding hydrogens is 841 g/mol. The smallest absolute Gasteiger partial charge is 0.407 e. The van der Waals surface area contributed by atoms with Gasteiger partial charge < -0.3 is 40.2 Å². The zero-order valence-corrected chi connectivity index (χ0v) is 41.0. The van der Waals surface area contributed by atoms with Crippen LogP contribution in [0.25, 0.3) is 11.1 Å². The lowest BCUT2D eigenvalue weighted by Gasteiger charge is -2.27. The minimum absolute atomic E-state index is 0.0671. The number of ether oxygens (including phenoxy) is 4. The Morgan fingerprint density at radius 2 is 1.08 bits per heavy atom. The largest absolute Gasteiger partial charge is 0.460 e. The number of hydrogen-bond acceptors (Lipinski definition) is 10. The van der Waals surface area contributed by atoms with Crippen LogP contribution in [0.15, 0.2) is 72.8 Å². The number of rotatable bonds is 18. The highest BCUT2D eigenvalue weighted by atomic mass is 16.6. The summed E-state index contributed by atoms with van der Waals surface area (Å²) < 4.78 is 22.3. The van der Waals surface area contributed by atoms with Gasteiger partial charge in [-0.3, -0.25) is 9.59 Å². The Hall–Kier alpha value is -5.92. The van der Waals surface area contributed by atoms with E-state index >= 15 is 0 Å². The molecule has 3 aromatic carbocycles. The zero-order valence-electron chi connectivity index (χ0n) is 41.0. The molecule has 1 aliphatic rings. The molecule has 360 valence electrons. The Balaban J connectivity index is 1.40. The van der Waals surface area contributed by atoms with Gasteiger partial charge in [-0.1, -0.05) is 93.6 Å². The Morgan fingerprint density at radius 1 is 0.576 bits per heavy atom. The summed E-state index contributed by atoms with van der Waals surface area (Å²) in [6.07, 6.45) is 0.130. The van der Waals surface area contributed by atoms with E-state index in [-0.39, 0.29) is 50.2 Å². The molecule has 4 N–H and O–H groups in total. The van der Waals surface area contributed by atoms with E-state index in [4.69, 9.17) is 18.9 Å². The van der Waals surface area contributed by atoms with Crippen molar-refractivity contribution >= 4 is 35.9 Å². The SMILES string of the molecule is CC(C)(C)OC(=O)CC[C@H](NC(=O)N[C@@H](CCCCNC(=O)[C@H](Cc1ccc(C(C)(C)C)cc1)NC(=O)OCC1c2ccccc2-c2ccccc21)C(=O)OC(C)(C)C)C(=O)OC(C)(C)C. The average molecular weight is 913 g/mol. The third-order valence-electron chi connectivity index (χ3n) is 10.5. The van der Waals surface area contributed by atoms with Crippen molar-refractivity contribution in [2.24, 2.45) is 0 Å². The van der Waals surface area contributed by atoms with Gasteiger partial charge in [0.2, 0.25) is 5.91 Å². The van der Waals surface area contributed by atoms with Crippen LogP contribution in [0.3, 0.4) is 0 Å². The molecule has 0 unspecified atom stereocenters. The highest BCUT2D eigenvalue weighted by molar-refractivity contribution is 5.88. The second-order valence-electron chi connectivity index (χ2n) is 20.9. The lowest BCUT2D eigenvalue weighted by molar-refractivity contribution is -0.159. The summed E-state index contributed by atoms with van der Waals surface area (Å²) in [7, 11) is 0. The summed E-state index contributed by atoms with van der Waals surface area (Å²) in [6.45, 7) is 22.0. The fraction of sp³-hybridized carbons (Fsp3) is 0.538. The minimum Gasteiger partial charge on any atom is -0.460 e. The molecule has 0 heterocycles. The second-order valence-corrected chi connectivity index (χ2v) is 20.9. The molecule has 0 radical (unpaired) electrons. The number of alkyl carbamates (subject to hydrolysis) is 1. The number of hydrogen-bond donors (Lipinski definition) is 4. The molecular formula is C52H72N4O10. The third-order valence-corrected chi connectivity index (χ3v) is 10.5. The molecule has 66 heavy (non-hydrogen) atoms. The van der Waals surface area contributed by atoms with Gasteiger partial charge in [0.15, 0.2) is 0 Å². The van der Waals surface area contributed by atoms with Crippen LogP contribution in [-0.4, -0.2) is 84.0 Å². The van der Waals surface area contributed by atoms with Crippen LogP contribution in [0.1, 0.15) is 143 Å². The van der Waals surface area contributed by atoms with Crippen LogP contribution in [0, 0.1) is 0 Å². The van der Waals surface area contributed by atoms with Crippen molar-refractivity contribution in [3.05, 3.63) is 95.1 Å². The molecule has 4 amide bonds. The van der Waals surface area contributed by atoms with Gasteiger partial charge in [0.25, 0.3) is 0 Å². The van der Waals surface area contributed by atoms with E-state index in [2.05, 4.69) is 54.2 Å². The highest BCUT2D eigenvalue weighted by Crippen LogP contribution is 2.44. The molecule has 3 aromatic rings. The monoisotopic (exact) mass is 913 g/mol. The Kier molecular flexibility index (Phi) is 18.0. The van der Waals surface area contributed by atoms with Crippen LogP contribution in [0.5, 0.6) is 0 Å². The van der Waals surface area contributed by atoms with E-state index in [1.807, 2.05) is 60.7 Å². The van der Waals surface area contributed by atoms with Gasteiger partial charge >= 0.3 is 30.0 Å². The Labute approximate surface area is 391 Å². The fourth-order valence-corrected chi connectivity index (χ4v) is 7.43. The minimum atomic E-state index is -1.22. The van der Waals surface area contributed by atoms with Gasteiger partial charge in [0.1, 0.15) is 41.5 Å². The summed E-state index contributed by atoms with van der Waals surface area (Å²) in [4.78, 5) is 79.7. The summed E-state index contributed by atoms with van der Waals surface area (Å²) >= 11 is 0. The molecule has 14 heteroatoms. The number of benzene rings is 3. The number of carbonyl (C=O) groups excluding carboxylic acids is 6. The quantitative estimate of drug-likeness (QED) is 0.0547. The molecule has 14 nitrogen and oxygen atoms in total. The number of unbranched alkanes of at least 4 members (excludes halogenated alkanes) is 1. The summed E-state index contributed by atoms with van der Waals surface area (Å²) in [5, 5.41) is 11.0. The molecule has 0 aliphatic heterocycles. The molecule has 4 rings (SSSR count). The van der Waals surface area contributed by atoms with E-state index in [9.17, 15) is 28.8 Å². The van der Waals surface area contributed by atoms with Crippen molar-refractivity contribution in [3.8, 4) is 11.1 Å². The number of carbonyl (C=O) groups is 6. The lowest BCUT2D eigenvalue weighted by atomic mass is 9.86. The van der Waals surface area contributed by atoms with Gasteiger partial charge in [-0.25, -0.2) is 19.2 Å².